The summed E-state index contributed by atoms with van der Waals surface area (Å²) in [6.45, 7) is 7.46. The van der Waals surface area contributed by atoms with Crippen LogP contribution in [-0.4, -0.2) is 98.0 Å². The Kier molecular flexibility index (Phi) is 8.81. The molecule has 2 saturated heterocycles. The van der Waals surface area contributed by atoms with Crippen LogP contribution in [0.1, 0.15) is 26.7 Å². The summed E-state index contributed by atoms with van der Waals surface area (Å²) in [5.74, 6) is 1.94. The maximum atomic E-state index is 13.1. The van der Waals surface area contributed by atoms with Crippen LogP contribution in [0.3, 0.4) is 0 Å². The second-order valence-corrected chi connectivity index (χ2v) is 9.72. The third-order valence-corrected chi connectivity index (χ3v) is 6.87. The van der Waals surface area contributed by atoms with Gasteiger partial charge in [0.1, 0.15) is 11.5 Å². The molecule has 4 rings (SSSR count). The molecule has 10 nitrogen and oxygen atoms in total. The van der Waals surface area contributed by atoms with E-state index in [0.29, 0.717) is 49.9 Å². The number of piperazine rings is 1. The molecule has 10 heteroatoms. The monoisotopic (exact) mass is 511 g/mol. The number of hydrogen-bond donors (Lipinski definition) is 0. The minimum atomic E-state index is -0.162. The highest BCUT2D eigenvalue weighted by Crippen LogP contribution is 2.32. The summed E-state index contributed by atoms with van der Waals surface area (Å²) >= 11 is 0. The van der Waals surface area contributed by atoms with Crippen molar-refractivity contribution in [1.29, 1.82) is 0 Å². The Hall–Kier alpha value is -3.40. The molecule has 2 aliphatic heterocycles. The number of hydrogen-bond acceptors (Lipinski definition) is 8. The van der Waals surface area contributed by atoms with Crippen LogP contribution in [0.4, 0.5) is 5.82 Å². The van der Waals surface area contributed by atoms with E-state index >= 15 is 0 Å². The second-order valence-electron chi connectivity index (χ2n) is 9.72. The van der Waals surface area contributed by atoms with Crippen LogP contribution in [0.5, 0.6) is 11.5 Å². The van der Waals surface area contributed by atoms with Gasteiger partial charge < -0.3 is 28.9 Å². The van der Waals surface area contributed by atoms with Gasteiger partial charge in [-0.25, -0.2) is 0 Å². The van der Waals surface area contributed by atoms with E-state index in [0.717, 1.165) is 30.8 Å². The van der Waals surface area contributed by atoms with Crippen LogP contribution >= 0.6 is 0 Å². The summed E-state index contributed by atoms with van der Waals surface area (Å²) < 4.78 is 16.5. The van der Waals surface area contributed by atoms with Crippen molar-refractivity contribution < 1.29 is 23.8 Å². The third kappa shape index (κ3) is 6.49. The lowest BCUT2D eigenvalue weighted by atomic mass is 10.1. The summed E-state index contributed by atoms with van der Waals surface area (Å²) in [5, 5.41) is 8.85. The SMILES string of the molecule is COc1ccc(-c2ccc(N3CCN(C(=O)CN(CC4CCCO4)C(=O)C(C)C)CC3)nn2)c(OC)c1. The van der Waals surface area contributed by atoms with Gasteiger partial charge in [-0.1, -0.05) is 13.8 Å². The van der Waals surface area contributed by atoms with Crippen LogP contribution in [0, 0.1) is 5.92 Å². The number of methoxy groups -OCH3 is 2. The van der Waals surface area contributed by atoms with E-state index < -0.39 is 0 Å². The second kappa shape index (κ2) is 12.2. The lowest BCUT2D eigenvalue weighted by molar-refractivity contribution is -0.143. The minimum Gasteiger partial charge on any atom is -0.497 e. The van der Waals surface area contributed by atoms with Gasteiger partial charge in [0.05, 0.1) is 32.6 Å². The number of anilines is 1. The number of nitrogens with zero attached hydrogens (tertiary/aromatic N) is 5. The Morgan fingerprint density at radius 1 is 1.08 bits per heavy atom. The molecule has 0 N–H and O–H groups in total. The quantitative estimate of drug-likeness (QED) is 0.507. The van der Waals surface area contributed by atoms with E-state index in [2.05, 4.69) is 15.1 Å². The van der Waals surface area contributed by atoms with Crippen molar-refractivity contribution in [1.82, 2.24) is 20.0 Å². The van der Waals surface area contributed by atoms with Crippen LogP contribution < -0.4 is 14.4 Å². The summed E-state index contributed by atoms with van der Waals surface area (Å²) in [5.41, 5.74) is 1.54. The Morgan fingerprint density at radius 2 is 1.86 bits per heavy atom. The van der Waals surface area contributed by atoms with Gasteiger partial charge in [0, 0.05) is 56.9 Å². The Morgan fingerprint density at radius 3 is 2.46 bits per heavy atom. The molecule has 2 amide bonds. The molecule has 200 valence electrons. The van der Waals surface area contributed by atoms with Gasteiger partial charge in [-0.2, -0.15) is 0 Å². The van der Waals surface area contributed by atoms with Gasteiger partial charge in [-0.3, -0.25) is 9.59 Å². The lowest BCUT2D eigenvalue weighted by Crippen LogP contribution is -2.53. The van der Waals surface area contributed by atoms with E-state index in [-0.39, 0.29) is 30.4 Å². The number of benzene rings is 1. The summed E-state index contributed by atoms with van der Waals surface area (Å²) in [4.78, 5) is 31.5. The first-order valence-corrected chi connectivity index (χ1v) is 12.9. The Bertz CT molecular complexity index is 1060. The summed E-state index contributed by atoms with van der Waals surface area (Å²) in [6, 6.07) is 9.44. The van der Waals surface area contributed by atoms with Gasteiger partial charge in [-0.15, -0.1) is 10.2 Å². The number of amides is 2. The summed E-state index contributed by atoms with van der Waals surface area (Å²) in [6.07, 6.45) is 1.95. The first-order valence-electron chi connectivity index (χ1n) is 12.9. The lowest BCUT2D eigenvalue weighted by Gasteiger charge is -2.36. The molecule has 0 aliphatic carbocycles. The summed E-state index contributed by atoms with van der Waals surface area (Å²) in [7, 11) is 3.23. The zero-order chi connectivity index (χ0) is 26.4. The number of aromatic nitrogens is 2. The standard InChI is InChI=1S/C27H37N5O5/c1-19(2)27(34)32(17-21-6-5-15-37-21)18-26(33)31-13-11-30(12-14-31)25-10-9-23(28-29-25)22-8-7-20(35-3)16-24(22)36-4/h7-10,16,19,21H,5-6,11-15,17-18H2,1-4H3. The highest BCUT2D eigenvalue weighted by Gasteiger charge is 2.29. The topological polar surface area (TPSA) is 97.3 Å². The molecule has 2 aromatic rings. The number of rotatable bonds is 9. The number of carbonyl (C=O) groups is 2. The molecular formula is C27H37N5O5. The predicted octanol–water partition coefficient (Wildman–Crippen LogP) is 2.47. The molecule has 1 unspecified atom stereocenters. The van der Waals surface area contributed by atoms with Crippen LogP contribution in [0.15, 0.2) is 30.3 Å². The largest absolute Gasteiger partial charge is 0.497 e. The van der Waals surface area contributed by atoms with E-state index in [1.807, 2.05) is 49.1 Å². The molecule has 0 radical (unpaired) electrons. The van der Waals surface area contributed by atoms with Gasteiger partial charge in [0.25, 0.3) is 0 Å². The van der Waals surface area contributed by atoms with Gasteiger partial charge in [-0.05, 0) is 37.1 Å². The van der Waals surface area contributed by atoms with Crippen molar-refractivity contribution in [2.75, 3.05) is 65.0 Å². The fraction of sp³-hybridized carbons (Fsp3) is 0.556. The molecule has 3 heterocycles. The zero-order valence-electron chi connectivity index (χ0n) is 22.2. The molecule has 1 aromatic carbocycles. The zero-order valence-corrected chi connectivity index (χ0v) is 22.2. The van der Waals surface area contributed by atoms with Crippen molar-refractivity contribution >= 4 is 17.6 Å². The molecule has 2 aliphatic rings. The minimum absolute atomic E-state index is 0.00802. The van der Waals surface area contributed by atoms with Crippen molar-refractivity contribution in [2.24, 2.45) is 5.92 Å². The first-order chi connectivity index (χ1) is 17.9. The van der Waals surface area contributed by atoms with E-state index in [1.165, 1.54) is 0 Å². The maximum Gasteiger partial charge on any atom is 0.242 e. The fourth-order valence-electron chi connectivity index (χ4n) is 4.73. The Labute approximate surface area is 218 Å². The molecule has 1 atom stereocenters. The average Bonchev–Trinajstić information content (AvgIpc) is 3.45. The van der Waals surface area contributed by atoms with Crippen LogP contribution in [-0.2, 0) is 14.3 Å². The van der Waals surface area contributed by atoms with Crippen molar-refractivity contribution in [3.8, 4) is 22.8 Å². The smallest absolute Gasteiger partial charge is 0.242 e. The first kappa shape index (κ1) is 26.7. The molecule has 0 spiro atoms. The van der Waals surface area contributed by atoms with Gasteiger partial charge in [0.15, 0.2) is 5.82 Å². The fourth-order valence-corrected chi connectivity index (χ4v) is 4.73. The van der Waals surface area contributed by atoms with Crippen molar-refractivity contribution in [3.05, 3.63) is 30.3 Å². The number of carbonyl (C=O) groups excluding carboxylic acids is 2. The van der Waals surface area contributed by atoms with E-state index in [9.17, 15) is 9.59 Å². The average molecular weight is 512 g/mol. The highest BCUT2D eigenvalue weighted by molar-refractivity contribution is 5.86. The predicted molar refractivity (Wildman–Crippen MR) is 140 cm³/mol. The van der Waals surface area contributed by atoms with Gasteiger partial charge >= 0.3 is 0 Å². The van der Waals surface area contributed by atoms with Crippen LogP contribution in [0.2, 0.25) is 0 Å². The van der Waals surface area contributed by atoms with Crippen molar-refractivity contribution in [3.63, 3.8) is 0 Å². The number of ether oxygens (including phenoxy) is 3. The molecule has 1 aromatic heterocycles. The van der Waals surface area contributed by atoms with E-state index in [1.54, 1.807) is 19.1 Å². The Balaban J connectivity index is 1.34. The normalized spacial score (nSPS) is 17.7. The molecule has 37 heavy (non-hydrogen) atoms. The molecule has 0 saturated carbocycles. The highest BCUT2D eigenvalue weighted by atomic mass is 16.5. The van der Waals surface area contributed by atoms with Crippen LogP contribution in [0.25, 0.3) is 11.3 Å². The molecule has 2 fully saturated rings. The molecule has 0 bridgehead atoms. The van der Waals surface area contributed by atoms with E-state index in [4.69, 9.17) is 14.2 Å². The molecular weight excluding hydrogens is 474 g/mol. The third-order valence-electron chi connectivity index (χ3n) is 6.87. The van der Waals surface area contributed by atoms with Crippen molar-refractivity contribution in [2.45, 2.75) is 32.8 Å². The maximum absolute atomic E-state index is 13.1. The van der Waals surface area contributed by atoms with Gasteiger partial charge in [0.2, 0.25) is 11.8 Å².